The summed E-state index contributed by atoms with van der Waals surface area (Å²) in [7, 11) is 0. The lowest BCUT2D eigenvalue weighted by atomic mass is 10.1. The maximum atomic E-state index is 12.7. The van der Waals surface area contributed by atoms with Crippen molar-refractivity contribution in [1.29, 1.82) is 0 Å². The van der Waals surface area contributed by atoms with Gasteiger partial charge in [0.2, 0.25) is 0 Å². The van der Waals surface area contributed by atoms with E-state index in [-0.39, 0.29) is 11.5 Å². The predicted octanol–water partition coefficient (Wildman–Crippen LogP) is 3.18. The first-order valence-corrected chi connectivity index (χ1v) is 8.82. The minimum atomic E-state index is -0.714. The Kier molecular flexibility index (Phi) is 4.69. The van der Waals surface area contributed by atoms with Gasteiger partial charge in [-0.2, -0.15) is 0 Å². The summed E-state index contributed by atoms with van der Waals surface area (Å²) in [5.41, 5.74) is 2.45. The summed E-state index contributed by atoms with van der Waals surface area (Å²) >= 11 is 0. The number of anilines is 2. The number of hydrogen-bond acceptors (Lipinski definition) is 6. The number of fused-ring (bicyclic) bond motifs is 1. The topological polar surface area (TPSA) is 148 Å². The van der Waals surface area contributed by atoms with Gasteiger partial charge in [0.25, 0.3) is 11.8 Å². The third-order valence-corrected chi connectivity index (χ3v) is 4.44. The number of aromatic amines is 1. The van der Waals surface area contributed by atoms with E-state index in [4.69, 9.17) is 0 Å². The molecule has 0 aliphatic heterocycles. The smallest absolute Gasteiger partial charge is 0.255 e. The van der Waals surface area contributed by atoms with E-state index in [0.29, 0.717) is 16.9 Å². The highest BCUT2D eigenvalue weighted by atomic mass is 16.3. The number of hydrogen-bond donors (Lipinski definition) is 6. The normalized spacial score (nSPS) is 10.7. The van der Waals surface area contributed by atoms with Crippen molar-refractivity contribution in [3.63, 3.8) is 0 Å². The molecule has 2 amide bonds. The van der Waals surface area contributed by atoms with Gasteiger partial charge in [-0.1, -0.05) is 12.1 Å². The summed E-state index contributed by atoms with van der Waals surface area (Å²) in [6.07, 6.45) is 1.54. The SMILES string of the molecule is O=C(Nc1ccccc1NC(=O)c1ccc2nc[nH]c2c1)c1cc(O)c(O)c(O)c1. The second-order valence-corrected chi connectivity index (χ2v) is 6.45. The number of amides is 2. The average Bonchev–Trinajstić information content (AvgIpc) is 3.20. The molecule has 1 heterocycles. The van der Waals surface area contributed by atoms with Gasteiger partial charge in [0.15, 0.2) is 17.2 Å². The Morgan fingerprint density at radius 2 is 1.40 bits per heavy atom. The molecule has 0 aliphatic rings. The van der Waals surface area contributed by atoms with Crippen molar-refractivity contribution in [3.05, 3.63) is 72.1 Å². The zero-order valence-electron chi connectivity index (χ0n) is 15.4. The molecule has 1 aromatic heterocycles. The van der Waals surface area contributed by atoms with Gasteiger partial charge in [0.1, 0.15) is 0 Å². The summed E-state index contributed by atoms with van der Waals surface area (Å²) < 4.78 is 0. The van der Waals surface area contributed by atoms with Crippen molar-refractivity contribution in [2.24, 2.45) is 0 Å². The number of carbonyl (C=O) groups is 2. The van der Waals surface area contributed by atoms with Crippen LogP contribution < -0.4 is 10.6 Å². The van der Waals surface area contributed by atoms with Gasteiger partial charge in [-0.25, -0.2) is 4.98 Å². The number of rotatable bonds is 4. The molecular weight excluding hydrogens is 388 g/mol. The fraction of sp³-hybridized carbons (Fsp3) is 0. The number of H-pyrrole nitrogens is 1. The number of phenols is 3. The monoisotopic (exact) mass is 404 g/mol. The molecule has 9 heteroatoms. The van der Waals surface area contributed by atoms with Crippen LogP contribution in [0, 0.1) is 0 Å². The second kappa shape index (κ2) is 7.47. The Bertz CT molecular complexity index is 1260. The lowest BCUT2D eigenvalue weighted by Gasteiger charge is -2.13. The average molecular weight is 404 g/mol. The van der Waals surface area contributed by atoms with Gasteiger partial charge < -0.3 is 30.9 Å². The van der Waals surface area contributed by atoms with Gasteiger partial charge in [-0.3, -0.25) is 9.59 Å². The maximum absolute atomic E-state index is 12.7. The number of para-hydroxylation sites is 2. The second-order valence-electron chi connectivity index (χ2n) is 6.45. The molecule has 0 atom stereocenters. The van der Waals surface area contributed by atoms with E-state index in [0.717, 1.165) is 23.2 Å². The molecule has 0 fully saturated rings. The first-order chi connectivity index (χ1) is 14.4. The van der Waals surface area contributed by atoms with Crippen molar-refractivity contribution in [2.45, 2.75) is 0 Å². The Hall–Kier alpha value is -4.53. The Morgan fingerprint density at radius 1 is 0.800 bits per heavy atom. The van der Waals surface area contributed by atoms with Crippen LogP contribution in [0.4, 0.5) is 11.4 Å². The molecule has 6 N–H and O–H groups in total. The van der Waals surface area contributed by atoms with Gasteiger partial charge in [-0.05, 0) is 42.5 Å². The molecule has 0 saturated carbocycles. The van der Waals surface area contributed by atoms with Crippen LogP contribution >= 0.6 is 0 Å². The van der Waals surface area contributed by atoms with E-state index in [1.165, 1.54) is 6.33 Å². The standard InChI is InChI=1S/C21H16N4O5/c26-17-8-12(9-18(27)19(17)28)21(30)25-15-4-2-1-3-14(15)24-20(29)11-5-6-13-16(7-11)23-10-22-13/h1-10,26-28H,(H,22,23)(H,24,29)(H,25,30). The third kappa shape index (κ3) is 3.59. The Balaban J connectivity index is 1.56. The van der Waals surface area contributed by atoms with Gasteiger partial charge in [0, 0.05) is 11.1 Å². The van der Waals surface area contributed by atoms with Crippen LogP contribution in [0.25, 0.3) is 11.0 Å². The van der Waals surface area contributed by atoms with Crippen LogP contribution in [0.5, 0.6) is 17.2 Å². The zero-order chi connectivity index (χ0) is 21.3. The Labute approximate surface area is 169 Å². The first kappa shape index (κ1) is 18.8. The van der Waals surface area contributed by atoms with E-state index in [1.807, 2.05) is 0 Å². The molecular formula is C21H16N4O5. The van der Waals surface area contributed by atoms with E-state index < -0.39 is 23.2 Å². The fourth-order valence-corrected chi connectivity index (χ4v) is 2.90. The molecule has 0 bridgehead atoms. The molecule has 9 nitrogen and oxygen atoms in total. The number of aromatic hydroxyl groups is 3. The van der Waals surface area contributed by atoms with Crippen LogP contribution in [0.3, 0.4) is 0 Å². The molecule has 4 aromatic rings. The van der Waals surface area contributed by atoms with Crippen LogP contribution in [-0.2, 0) is 0 Å². The highest BCUT2D eigenvalue weighted by Crippen LogP contribution is 2.35. The molecule has 30 heavy (non-hydrogen) atoms. The molecule has 150 valence electrons. The van der Waals surface area contributed by atoms with Gasteiger partial charge in [0.05, 0.1) is 28.7 Å². The molecule has 0 aliphatic carbocycles. The molecule has 0 spiro atoms. The number of nitrogens with zero attached hydrogens (tertiary/aromatic N) is 1. The predicted molar refractivity (Wildman–Crippen MR) is 110 cm³/mol. The molecule has 0 radical (unpaired) electrons. The van der Waals surface area contributed by atoms with E-state index >= 15 is 0 Å². The van der Waals surface area contributed by atoms with Crippen molar-refractivity contribution >= 4 is 34.2 Å². The third-order valence-electron chi connectivity index (χ3n) is 4.44. The lowest BCUT2D eigenvalue weighted by Crippen LogP contribution is -2.16. The van der Waals surface area contributed by atoms with Crippen molar-refractivity contribution in [3.8, 4) is 17.2 Å². The quantitative estimate of drug-likeness (QED) is 0.288. The molecule has 0 unspecified atom stereocenters. The number of carbonyl (C=O) groups excluding carboxylic acids is 2. The van der Waals surface area contributed by atoms with E-state index in [2.05, 4.69) is 20.6 Å². The number of imidazole rings is 1. The lowest BCUT2D eigenvalue weighted by molar-refractivity contribution is 0.101. The molecule has 0 saturated heterocycles. The Morgan fingerprint density at radius 3 is 2.03 bits per heavy atom. The van der Waals surface area contributed by atoms with Crippen LogP contribution in [0.15, 0.2) is 60.9 Å². The number of aromatic nitrogens is 2. The van der Waals surface area contributed by atoms with E-state index in [1.54, 1.807) is 42.5 Å². The van der Waals surface area contributed by atoms with Crippen LogP contribution in [0.2, 0.25) is 0 Å². The summed E-state index contributed by atoms with van der Waals surface area (Å²) in [6, 6.07) is 13.6. The maximum Gasteiger partial charge on any atom is 0.255 e. The van der Waals surface area contributed by atoms with E-state index in [9.17, 15) is 24.9 Å². The highest BCUT2D eigenvalue weighted by molar-refractivity contribution is 6.10. The molecule has 4 rings (SSSR count). The minimum absolute atomic E-state index is 0.0753. The first-order valence-electron chi connectivity index (χ1n) is 8.82. The van der Waals surface area contributed by atoms with Crippen LogP contribution in [0.1, 0.15) is 20.7 Å². The van der Waals surface area contributed by atoms with Crippen molar-refractivity contribution in [1.82, 2.24) is 9.97 Å². The summed E-state index contributed by atoms with van der Waals surface area (Å²) in [4.78, 5) is 32.2. The van der Waals surface area contributed by atoms with Crippen molar-refractivity contribution in [2.75, 3.05) is 10.6 Å². The largest absolute Gasteiger partial charge is 0.504 e. The van der Waals surface area contributed by atoms with Gasteiger partial charge in [-0.15, -0.1) is 0 Å². The summed E-state index contributed by atoms with van der Waals surface area (Å²) in [5, 5.41) is 34.0. The summed E-state index contributed by atoms with van der Waals surface area (Å²) in [5.74, 6) is -3.00. The van der Waals surface area contributed by atoms with Gasteiger partial charge >= 0.3 is 0 Å². The number of benzene rings is 3. The highest BCUT2D eigenvalue weighted by Gasteiger charge is 2.16. The molecule has 3 aromatic carbocycles. The zero-order valence-corrected chi connectivity index (χ0v) is 15.4. The number of nitrogens with one attached hydrogen (secondary N) is 3. The fourth-order valence-electron chi connectivity index (χ4n) is 2.90. The van der Waals surface area contributed by atoms with Crippen LogP contribution in [-0.4, -0.2) is 37.1 Å². The summed E-state index contributed by atoms with van der Waals surface area (Å²) in [6.45, 7) is 0. The number of phenolic OH excluding ortho intramolecular Hbond substituents is 3. The minimum Gasteiger partial charge on any atom is -0.504 e. The van der Waals surface area contributed by atoms with Crippen molar-refractivity contribution < 1.29 is 24.9 Å².